The van der Waals surface area contributed by atoms with Crippen LogP contribution in [0.25, 0.3) is 0 Å². The van der Waals surface area contributed by atoms with Crippen molar-refractivity contribution < 1.29 is 0 Å². The predicted octanol–water partition coefficient (Wildman–Crippen LogP) is 3.17. The van der Waals surface area contributed by atoms with E-state index in [-0.39, 0.29) is 0 Å². The van der Waals surface area contributed by atoms with E-state index in [1.807, 2.05) is 6.92 Å². The summed E-state index contributed by atoms with van der Waals surface area (Å²) in [5.41, 5.74) is 0. The monoisotopic (exact) mass is 191 g/mol. The van der Waals surface area contributed by atoms with E-state index >= 15 is 0 Å². The lowest BCUT2D eigenvalue weighted by Gasteiger charge is -2.20. The second-order valence-electron chi connectivity index (χ2n) is 3.51. The Morgan fingerprint density at radius 1 is 1.00 bits per heavy atom. The smallest absolute Gasteiger partial charge is 0.126 e. The Bertz CT molecular complexity index is 294. The van der Waals surface area contributed by atoms with Crippen molar-refractivity contribution in [2.24, 2.45) is 14.0 Å². The molecule has 0 unspecified atom stereocenters. The average Bonchev–Trinajstić information content (AvgIpc) is 1.49. The molecule has 0 aromatic rings. The Hall–Kier alpha value is 0.130. The first-order chi connectivity index (χ1) is 4.81. The average molecular weight is 191 g/mol. The summed E-state index contributed by atoms with van der Waals surface area (Å²) in [6, 6.07) is 0. The van der Waals surface area contributed by atoms with Gasteiger partial charge in [0.2, 0.25) is 0 Å². The SMILES string of the molecule is CC1=NP(C)(C)=NP(C)(C)=N1. The highest BCUT2D eigenvalue weighted by atomic mass is 31.2. The molecule has 0 bridgehead atoms. The van der Waals surface area contributed by atoms with E-state index in [2.05, 4.69) is 40.7 Å². The third-order valence-electron chi connectivity index (χ3n) is 1.22. The summed E-state index contributed by atoms with van der Waals surface area (Å²) in [4.78, 5) is 0. The van der Waals surface area contributed by atoms with Gasteiger partial charge in [-0.3, -0.25) is 0 Å². The van der Waals surface area contributed by atoms with Gasteiger partial charge >= 0.3 is 0 Å². The van der Waals surface area contributed by atoms with Crippen molar-refractivity contribution >= 4 is 20.2 Å². The van der Waals surface area contributed by atoms with Gasteiger partial charge in [-0.2, -0.15) is 0 Å². The largest absolute Gasteiger partial charge is 0.241 e. The van der Waals surface area contributed by atoms with Gasteiger partial charge < -0.3 is 0 Å². The molecule has 0 amide bonds. The van der Waals surface area contributed by atoms with Gasteiger partial charge in [0.1, 0.15) is 5.84 Å². The van der Waals surface area contributed by atoms with Gasteiger partial charge in [0.15, 0.2) is 0 Å². The molecule has 1 heterocycles. The molecule has 0 fully saturated rings. The van der Waals surface area contributed by atoms with Gasteiger partial charge in [0, 0.05) is 0 Å². The van der Waals surface area contributed by atoms with E-state index in [1.54, 1.807) is 0 Å². The summed E-state index contributed by atoms with van der Waals surface area (Å²) in [5, 5.41) is 0. The van der Waals surface area contributed by atoms with Crippen molar-refractivity contribution in [2.45, 2.75) is 6.92 Å². The van der Waals surface area contributed by atoms with Gasteiger partial charge in [-0.25, -0.2) is 14.0 Å². The van der Waals surface area contributed by atoms with Gasteiger partial charge in [-0.15, -0.1) is 0 Å². The van der Waals surface area contributed by atoms with Crippen molar-refractivity contribution in [2.75, 3.05) is 26.7 Å². The molecule has 0 saturated heterocycles. The first kappa shape index (κ1) is 9.22. The molecule has 0 radical (unpaired) electrons. The molecule has 0 aromatic heterocycles. The number of nitrogens with zero attached hydrogens (tertiary/aromatic N) is 3. The van der Waals surface area contributed by atoms with Crippen LogP contribution in [0, 0.1) is 0 Å². The van der Waals surface area contributed by atoms with Crippen molar-refractivity contribution in [3.63, 3.8) is 0 Å². The Morgan fingerprint density at radius 3 is 1.91 bits per heavy atom. The van der Waals surface area contributed by atoms with Crippen LogP contribution in [0.4, 0.5) is 0 Å². The van der Waals surface area contributed by atoms with Gasteiger partial charge in [-0.1, -0.05) is 0 Å². The molecule has 0 saturated carbocycles. The first-order valence-corrected chi connectivity index (χ1v) is 8.71. The van der Waals surface area contributed by atoms with Crippen LogP contribution < -0.4 is 0 Å². The highest BCUT2D eigenvalue weighted by molar-refractivity contribution is 7.75. The molecule has 1 aliphatic heterocycles. The molecular weight excluding hydrogens is 176 g/mol. The Balaban J connectivity index is 3.31. The summed E-state index contributed by atoms with van der Waals surface area (Å²) in [5.74, 6) is 0.941. The molecule has 1 aliphatic rings. The van der Waals surface area contributed by atoms with Gasteiger partial charge in [0.25, 0.3) is 0 Å². The van der Waals surface area contributed by atoms with Crippen molar-refractivity contribution in [3.05, 3.63) is 0 Å². The molecule has 0 aliphatic carbocycles. The van der Waals surface area contributed by atoms with E-state index in [4.69, 9.17) is 0 Å². The van der Waals surface area contributed by atoms with Gasteiger partial charge in [-0.05, 0) is 33.6 Å². The van der Waals surface area contributed by atoms with Crippen molar-refractivity contribution in [1.29, 1.82) is 0 Å². The van der Waals surface area contributed by atoms with Crippen LogP contribution in [0.1, 0.15) is 6.92 Å². The van der Waals surface area contributed by atoms with E-state index in [0.29, 0.717) is 0 Å². The fourth-order valence-corrected chi connectivity index (χ4v) is 7.49. The summed E-state index contributed by atoms with van der Waals surface area (Å²) < 4.78 is 13.5. The molecule has 0 aromatic carbocycles. The minimum Gasteiger partial charge on any atom is -0.241 e. The summed E-state index contributed by atoms with van der Waals surface area (Å²) in [7, 11) is -2.69. The molecule has 64 valence electrons. The summed E-state index contributed by atoms with van der Waals surface area (Å²) in [6.07, 6.45) is 0. The predicted molar refractivity (Wildman–Crippen MR) is 55.5 cm³/mol. The zero-order valence-electron chi connectivity index (χ0n) is 7.74. The molecule has 5 heteroatoms. The van der Waals surface area contributed by atoms with Crippen LogP contribution in [0.15, 0.2) is 14.0 Å². The quantitative estimate of drug-likeness (QED) is 0.527. The van der Waals surface area contributed by atoms with Crippen LogP contribution in [-0.4, -0.2) is 32.5 Å². The normalized spacial score (nSPS) is 26.5. The minimum atomic E-state index is -1.35. The van der Waals surface area contributed by atoms with Crippen LogP contribution >= 0.6 is 14.4 Å². The Kier molecular flexibility index (Phi) is 2.15. The topological polar surface area (TPSA) is 37.1 Å². The van der Waals surface area contributed by atoms with E-state index in [9.17, 15) is 0 Å². The fraction of sp³-hybridized carbons (Fsp3) is 0.833. The third-order valence-corrected chi connectivity index (χ3v) is 6.28. The van der Waals surface area contributed by atoms with Crippen LogP contribution in [0.5, 0.6) is 0 Å². The lowest BCUT2D eigenvalue weighted by molar-refractivity contribution is 1.51. The second-order valence-corrected chi connectivity index (χ2v) is 9.97. The van der Waals surface area contributed by atoms with Crippen LogP contribution in [-0.2, 0) is 0 Å². The zero-order chi connectivity index (χ0) is 8.70. The summed E-state index contributed by atoms with van der Waals surface area (Å²) in [6.45, 7) is 10.5. The van der Waals surface area contributed by atoms with E-state index in [1.165, 1.54) is 0 Å². The summed E-state index contributed by atoms with van der Waals surface area (Å²) >= 11 is 0. The number of amidine groups is 1. The molecule has 3 nitrogen and oxygen atoms in total. The lowest BCUT2D eigenvalue weighted by atomic mass is 10.8. The number of hydrogen-bond acceptors (Lipinski definition) is 3. The maximum Gasteiger partial charge on any atom is 0.126 e. The lowest BCUT2D eigenvalue weighted by Crippen LogP contribution is -1.91. The highest BCUT2D eigenvalue weighted by Gasteiger charge is 2.14. The molecule has 11 heavy (non-hydrogen) atoms. The standard InChI is InChI=1S/C6H15N3P2/c1-6-7-10(2,3)9-11(4,5)8-6/h1-5H3. The van der Waals surface area contributed by atoms with E-state index in [0.717, 1.165) is 5.84 Å². The third kappa shape index (κ3) is 2.57. The molecule has 0 N–H and O–H groups in total. The molecule has 1 rings (SSSR count). The van der Waals surface area contributed by atoms with Crippen molar-refractivity contribution in [1.82, 2.24) is 0 Å². The first-order valence-electron chi connectivity index (χ1n) is 3.54. The highest BCUT2D eigenvalue weighted by Crippen LogP contribution is 2.59. The minimum absolute atomic E-state index is 0.941. The molecule has 0 atom stereocenters. The van der Waals surface area contributed by atoms with Crippen LogP contribution in [0.2, 0.25) is 0 Å². The van der Waals surface area contributed by atoms with Crippen LogP contribution in [0.3, 0.4) is 0 Å². The Labute approximate surface area is 68.5 Å². The fourth-order valence-electron chi connectivity index (χ4n) is 1.30. The Morgan fingerprint density at radius 2 is 1.55 bits per heavy atom. The van der Waals surface area contributed by atoms with Gasteiger partial charge in [0.05, 0.1) is 14.4 Å². The van der Waals surface area contributed by atoms with E-state index < -0.39 is 14.4 Å². The number of rotatable bonds is 0. The zero-order valence-corrected chi connectivity index (χ0v) is 9.52. The maximum atomic E-state index is 4.66. The number of hydrogen-bond donors (Lipinski definition) is 0. The molecule has 0 spiro atoms. The second kappa shape index (κ2) is 2.57. The molecular formula is C6H15N3P2. The van der Waals surface area contributed by atoms with Crippen molar-refractivity contribution in [3.8, 4) is 0 Å². The maximum absolute atomic E-state index is 4.66.